The number of benzene rings is 2. The van der Waals surface area contributed by atoms with Crippen LogP contribution < -0.4 is 11.1 Å². The first kappa shape index (κ1) is 15.4. The van der Waals surface area contributed by atoms with Crippen LogP contribution in [-0.4, -0.2) is 11.7 Å². The SMILES string of the molecule is Cc1cc(N)ccc1NC(=O)CCCSc1ccccc1. The molecule has 110 valence electrons. The van der Waals surface area contributed by atoms with Gasteiger partial charge in [0.25, 0.3) is 0 Å². The van der Waals surface area contributed by atoms with Gasteiger partial charge < -0.3 is 11.1 Å². The highest BCUT2D eigenvalue weighted by molar-refractivity contribution is 7.99. The molecule has 0 aliphatic carbocycles. The van der Waals surface area contributed by atoms with E-state index in [1.54, 1.807) is 17.8 Å². The molecule has 0 saturated heterocycles. The van der Waals surface area contributed by atoms with E-state index >= 15 is 0 Å². The van der Waals surface area contributed by atoms with Crippen molar-refractivity contribution in [2.75, 3.05) is 16.8 Å². The van der Waals surface area contributed by atoms with E-state index in [9.17, 15) is 4.79 Å². The lowest BCUT2D eigenvalue weighted by atomic mass is 10.1. The summed E-state index contributed by atoms with van der Waals surface area (Å²) in [6, 6.07) is 15.7. The average Bonchev–Trinajstić information content (AvgIpc) is 2.48. The number of anilines is 2. The van der Waals surface area contributed by atoms with Gasteiger partial charge in [-0.3, -0.25) is 4.79 Å². The summed E-state index contributed by atoms with van der Waals surface area (Å²) in [6.45, 7) is 1.94. The molecule has 0 saturated carbocycles. The molecule has 0 fully saturated rings. The number of aryl methyl sites for hydroxylation is 1. The van der Waals surface area contributed by atoms with Crippen molar-refractivity contribution >= 4 is 29.0 Å². The minimum atomic E-state index is 0.0523. The maximum Gasteiger partial charge on any atom is 0.224 e. The van der Waals surface area contributed by atoms with Crippen LogP contribution in [0.2, 0.25) is 0 Å². The number of nitrogens with one attached hydrogen (secondary N) is 1. The second-order valence-electron chi connectivity index (χ2n) is 4.89. The second kappa shape index (κ2) is 7.74. The molecule has 3 N–H and O–H groups in total. The van der Waals surface area contributed by atoms with Crippen LogP contribution in [0.15, 0.2) is 53.4 Å². The molecule has 2 rings (SSSR count). The van der Waals surface area contributed by atoms with Crippen molar-refractivity contribution in [1.82, 2.24) is 0 Å². The monoisotopic (exact) mass is 300 g/mol. The first-order valence-corrected chi connectivity index (χ1v) is 7.97. The van der Waals surface area contributed by atoms with Crippen molar-refractivity contribution in [1.29, 1.82) is 0 Å². The first-order valence-electron chi connectivity index (χ1n) is 6.99. The predicted molar refractivity (Wildman–Crippen MR) is 90.6 cm³/mol. The van der Waals surface area contributed by atoms with E-state index in [0.717, 1.165) is 23.4 Å². The molecule has 0 aliphatic heterocycles. The summed E-state index contributed by atoms with van der Waals surface area (Å²) in [5, 5.41) is 2.93. The zero-order chi connectivity index (χ0) is 15.1. The van der Waals surface area contributed by atoms with Crippen molar-refractivity contribution in [3.8, 4) is 0 Å². The maximum absolute atomic E-state index is 11.9. The lowest BCUT2D eigenvalue weighted by Gasteiger charge is -2.09. The Morgan fingerprint density at radius 3 is 2.67 bits per heavy atom. The van der Waals surface area contributed by atoms with Crippen LogP contribution in [0.25, 0.3) is 0 Å². The van der Waals surface area contributed by atoms with Crippen LogP contribution in [0.3, 0.4) is 0 Å². The number of amides is 1. The van der Waals surface area contributed by atoms with Gasteiger partial charge in [-0.05, 0) is 55.0 Å². The summed E-state index contributed by atoms with van der Waals surface area (Å²) in [5.74, 6) is 0.995. The fourth-order valence-corrected chi connectivity index (χ4v) is 2.85. The van der Waals surface area contributed by atoms with Gasteiger partial charge in [0.05, 0.1) is 0 Å². The number of hydrogen-bond acceptors (Lipinski definition) is 3. The van der Waals surface area contributed by atoms with Gasteiger partial charge in [-0.2, -0.15) is 0 Å². The molecule has 2 aromatic carbocycles. The Morgan fingerprint density at radius 2 is 1.95 bits per heavy atom. The quantitative estimate of drug-likeness (QED) is 0.480. The molecule has 0 bridgehead atoms. The van der Waals surface area contributed by atoms with Crippen molar-refractivity contribution in [2.24, 2.45) is 0 Å². The van der Waals surface area contributed by atoms with Gasteiger partial charge >= 0.3 is 0 Å². The molecule has 0 heterocycles. The fraction of sp³-hybridized carbons (Fsp3) is 0.235. The van der Waals surface area contributed by atoms with E-state index < -0.39 is 0 Å². The molecule has 0 spiro atoms. The van der Waals surface area contributed by atoms with Crippen molar-refractivity contribution in [3.05, 3.63) is 54.1 Å². The molecule has 2 aromatic rings. The van der Waals surface area contributed by atoms with Crippen LogP contribution in [0.5, 0.6) is 0 Å². The Hall–Kier alpha value is -1.94. The van der Waals surface area contributed by atoms with Crippen LogP contribution in [0.4, 0.5) is 11.4 Å². The van der Waals surface area contributed by atoms with Crippen molar-refractivity contribution in [2.45, 2.75) is 24.7 Å². The molecule has 0 unspecified atom stereocenters. The highest BCUT2D eigenvalue weighted by Crippen LogP contribution is 2.20. The number of nitrogen functional groups attached to an aromatic ring is 1. The zero-order valence-corrected chi connectivity index (χ0v) is 13.0. The third-order valence-corrected chi connectivity index (χ3v) is 4.18. The minimum absolute atomic E-state index is 0.0523. The van der Waals surface area contributed by atoms with Gasteiger partial charge in [-0.15, -0.1) is 11.8 Å². The average molecular weight is 300 g/mol. The molecule has 3 nitrogen and oxygen atoms in total. The topological polar surface area (TPSA) is 55.1 Å². The molecule has 1 amide bonds. The van der Waals surface area contributed by atoms with E-state index in [1.807, 2.05) is 37.3 Å². The third kappa shape index (κ3) is 5.16. The van der Waals surface area contributed by atoms with E-state index in [-0.39, 0.29) is 5.91 Å². The first-order chi connectivity index (χ1) is 10.1. The van der Waals surface area contributed by atoms with Crippen LogP contribution in [0, 0.1) is 6.92 Å². The van der Waals surface area contributed by atoms with Crippen molar-refractivity contribution in [3.63, 3.8) is 0 Å². The van der Waals surface area contributed by atoms with Crippen LogP contribution in [0.1, 0.15) is 18.4 Å². The number of hydrogen-bond donors (Lipinski definition) is 2. The van der Waals surface area contributed by atoms with Gasteiger partial charge in [0.2, 0.25) is 5.91 Å². The minimum Gasteiger partial charge on any atom is -0.399 e. The Balaban J connectivity index is 1.72. The number of rotatable bonds is 6. The third-order valence-electron chi connectivity index (χ3n) is 3.08. The molecular formula is C17H20N2OS. The zero-order valence-electron chi connectivity index (χ0n) is 12.1. The lowest BCUT2D eigenvalue weighted by Crippen LogP contribution is -2.12. The number of carbonyl (C=O) groups is 1. The highest BCUT2D eigenvalue weighted by Gasteiger charge is 2.05. The standard InChI is InChI=1S/C17H20N2OS/c1-13-12-14(18)9-10-16(13)19-17(20)8-5-11-21-15-6-3-2-4-7-15/h2-4,6-7,9-10,12H,5,8,11,18H2,1H3,(H,19,20). The summed E-state index contributed by atoms with van der Waals surface area (Å²) in [5.41, 5.74) is 8.23. The molecule has 0 aromatic heterocycles. The highest BCUT2D eigenvalue weighted by atomic mass is 32.2. The summed E-state index contributed by atoms with van der Waals surface area (Å²) < 4.78 is 0. The predicted octanol–water partition coefficient (Wildman–Crippen LogP) is 4.09. The maximum atomic E-state index is 11.9. The van der Waals surface area contributed by atoms with Crippen LogP contribution in [-0.2, 0) is 4.79 Å². The summed E-state index contributed by atoms with van der Waals surface area (Å²) in [4.78, 5) is 13.2. The molecule has 0 aliphatic rings. The molecule has 0 radical (unpaired) electrons. The number of thioether (sulfide) groups is 1. The smallest absolute Gasteiger partial charge is 0.224 e. The Bertz CT molecular complexity index is 599. The summed E-state index contributed by atoms with van der Waals surface area (Å²) in [7, 11) is 0. The van der Waals surface area contributed by atoms with Crippen LogP contribution >= 0.6 is 11.8 Å². The van der Waals surface area contributed by atoms with Gasteiger partial charge in [-0.1, -0.05) is 18.2 Å². The molecule has 0 atom stereocenters. The number of nitrogens with two attached hydrogens (primary N) is 1. The normalized spacial score (nSPS) is 10.3. The Morgan fingerprint density at radius 1 is 1.19 bits per heavy atom. The Kier molecular flexibility index (Phi) is 5.69. The van der Waals surface area contributed by atoms with E-state index in [4.69, 9.17) is 5.73 Å². The largest absolute Gasteiger partial charge is 0.399 e. The molecule has 4 heteroatoms. The van der Waals surface area contributed by atoms with Crippen molar-refractivity contribution < 1.29 is 4.79 Å². The second-order valence-corrected chi connectivity index (χ2v) is 6.06. The van der Waals surface area contributed by atoms with Gasteiger partial charge in [0, 0.05) is 22.7 Å². The summed E-state index contributed by atoms with van der Waals surface area (Å²) in [6.07, 6.45) is 1.39. The summed E-state index contributed by atoms with van der Waals surface area (Å²) >= 11 is 1.78. The number of carbonyl (C=O) groups excluding carboxylic acids is 1. The Labute approximate surface area is 129 Å². The fourth-order valence-electron chi connectivity index (χ4n) is 1.98. The van der Waals surface area contributed by atoms with Gasteiger partial charge in [0.15, 0.2) is 0 Å². The van der Waals surface area contributed by atoms with E-state index in [2.05, 4.69) is 17.4 Å². The van der Waals surface area contributed by atoms with E-state index in [1.165, 1.54) is 4.90 Å². The van der Waals surface area contributed by atoms with E-state index in [0.29, 0.717) is 12.1 Å². The lowest BCUT2D eigenvalue weighted by molar-refractivity contribution is -0.116. The molecular weight excluding hydrogens is 280 g/mol. The molecule has 21 heavy (non-hydrogen) atoms. The van der Waals surface area contributed by atoms with Gasteiger partial charge in [-0.25, -0.2) is 0 Å². The van der Waals surface area contributed by atoms with Gasteiger partial charge in [0.1, 0.15) is 0 Å².